The van der Waals surface area contributed by atoms with Crippen molar-refractivity contribution in [1.29, 1.82) is 0 Å². The van der Waals surface area contributed by atoms with E-state index in [9.17, 15) is 13.2 Å². The highest BCUT2D eigenvalue weighted by Crippen LogP contribution is 2.22. The van der Waals surface area contributed by atoms with Crippen molar-refractivity contribution in [3.63, 3.8) is 0 Å². The van der Waals surface area contributed by atoms with Gasteiger partial charge >= 0.3 is 0 Å². The number of hydrogen-bond acceptors (Lipinski definition) is 8. The molecule has 2 heterocycles. The number of thioether (sulfide) groups is 1. The molecule has 0 bridgehead atoms. The first-order valence-electron chi connectivity index (χ1n) is 7.91. The summed E-state index contributed by atoms with van der Waals surface area (Å²) in [5, 5.41) is 12.1. The number of tetrazole rings is 1. The summed E-state index contributed by atoms with van der Waals surface area (Å²) >= 11 is 1.21. The van der Waals surface area contributed by atoms with E-state index >= 15 is 0 Å². The molecule has 0 N–H and O–H groups in total. The van der Waals surface area contributed by atoms with E-state index < -0.39 is 9.84 Å². The van der Waals surface area contributed by atoms with E-state index in [1.165, 1.54) is 21.3 Å². The number of sulfone groups is 1. The fraction of sp³-hybridized carbons (Fsp3) is 0.467. The van der Waals surface area contributed by atoms with Crippen LogP contribution in [-0.4, -0.2) is 76.9 Å². The first-order valence-corrected chi connectivity index (χ1v) is 10.7. The van der Waals surface area contributed by atoms with E-state index in [4.69, 9.17) is 4.74 Å². The van der Waals surface area contributed by atoms with Crippen LogP contribution in [0.25, 0.3) is 5.69 Å². The molecule has 1 amide bonds. The number of aromatic nitrogens is 4. The average Bonchev–Trinajstić information content (AvgIpc) is 3.25. The normalized spacial score (nSPS) is 18.6. The summed E-state index contributed by atoms with van der Waals surface area (Å²) in [6, 6.07) is 6.97. The molecule has 1 atom stereocenters. The molecule has 1 aliphatic heterocycles. The van der Waals surface area contributed by atoms with Gasteiger partial charge in [-0.15, -0.1) is 5.10 Å². The Labute approximate surface area is 155 Å². The van der Waals surface area contributed by atoms with Gasteiger partial charge in [-0.2, -0.15) is 4.68 Å². The SMILES string of the molecule is COc1ccc(-n2nnnc2SCC(=O)N(C)[C@@H]2CCS(=O)(=O)C2)cc1. The van der Waals surface area contributed by atoms with Gasteiger partial charge in [0.05, 0.1) is 30.1 Å². The van der Waals surface area contributed by atoms with Crippen molar-refractivity contribution < 1.29 is 17.9 Å². The van der Waals surface area contributed by atoms with Crippen molar-refractivity contribution in [1.82, 2.24) is 25.1 Å². The highest BCUT2D eigenvalue weighted by atomic mass is 32.2. The van der Waals surface area contributed by atoms with Crippen molar-refractivity contribution in [3.05, 3.63) is 24.3 Å². The molecule has 26 heavy (non-hydrogen) atoms. The fourth-order valence-corrected chi connectivity index (χ4v) is 5.26. The maximum absolute atomic E-state index is 12.4. The van der Waals surface area contributed by atoms with Crippen LogP contribution in [0.15, 0.2) is 29.4 Å². The molecular formula is C15H19N5O4S2. The Morgan fingerprint density at radius 2 is 2.12 bits per heavy atom. The summed E-state index contributed by atoms with van der Waals surface area (Å²) in [5.74, 6) is 0.867. The molecule has 0 aliphatic carbocycles. The van der Waals surface area contributed by atoms with E-state index in [1.54, 1.807) is 26.3 Å². The number of carbonyl (C=O) groups excluding carboxylic acids is 1. The Balaban J connectivity index is 1.63. The lowest BCUT2D eigenvalue weighted by Crippen LogP contribution is -2.38. The summed E-state index contributed by atoms with van der Waals surface area (Å²) in [5.41, 5.74) is 0.751. The second-order valence-electron chi connectivity index (χ2n) is 5.92. The van der Waals surface area contributed by atoms with Crippen molar-refractivity contribution in [2.75, 3.05) is 31.4 Å². The number of rotatable bonds is 6. The molecule has 2 aromatic rings. The second-order valence-corrected chi connectivity index (χ2v) is 9.09. The highest BCUT2D eigenvalue weighted by Gasteiger charge is 2.32. The molecule has 0 spiro atoms. The van der Waals surface area contributed by atoms with Gasteiger partial charge in [0.15, 0.2) is 9.84 Å². The van der Waals surface area contributed by atoms with Gasteiger partial charge in [-0.25, -0.2) is 8.42 Å². The third-order valence-corrected chi connectivity index (χ3v) is 6.89. The zero-order valence-corrected chi connectivity index (χ0v) is 16.0. The van der Waals surface area contributed by atoms with Crippen molar-refractivity contribution >= 4 is 27.5 Å². The van der Waals surface area contributed by atoms with Gasteiger partial charge in [0.2, 0.25) is 11.1 Å². The minimum absolute atomic E-state index is 0.0312. The quantitative estimate of drug-likeness (QED) is 0.645. The lowest BCUT2D eigenvalue weighted by molar-refractivity contribution is -0.128. The van der Waals surface area contributed by atoms with E-state index in [-0.39, 0.29) is 29.2 Å². The zero-order chi connectivity index (χ0) is 18.7. The van der Waals surface area contributed by atoms with Gasteiger partial charge < -0.3 is 9.64 Å². The number of hydrogen-bond donors (Lipinski definition) is 0. The summed E-state index contributed by atoms with van der Waals surface area (Å²) in [7, 11) is 0.200. The number of benzene rings is 1. The van der Waals surface area contributed by atoms with Gasteiger partial charge in [-0.1, -0.05) is 11.8 Å². The molecule has 11 heteroatoms. The molecule has 1 aliphatic rings. The third kappa shape index (κ3) is 4.15. The van der Waals surface area contributed by atoms with Crippen LogP contribution in [0.3, 0.4) is 0 Å². The summed E-state index contributed by atoms with van der Waals surface area (Å²) in [6.07, 6.45) is 0.485. The van der Waals surface area contributed by atoms with Crippen LogP contribution in [0.1, 0.15) is 6.42 Å². The molecule has 9 nitrogen and oxygen atoms in total. The maximum Gasteiger partial charge on any atom is 0.233 e. The van der Waals surface area contributed by atoms with E-state index in [2.05, 4.69) is 15.5 Å². The van der Waals surface area contributed by atoms with Crippen LogP contribution < -0.4 is 4.74 Å². The van der Waals surface area contributed by atoms with Crippen LogP contribution >= 0.6 is 11.8 Å². The molecule has 1 aromatic heterocycles. The Morgan fingerprint density at radius 3 is 2.73 bits per heavy atom. The maximum atomic E-state index is 12.4. The Bertz CT molecular complexity index is 882. The minimum Gasteiger partial charge on any atom is -0.497 e. The van der Waals surface area contributed by atoms with Crippen LogP contribution in [0.2, 0.25) is 0 Å². The van der Waals surface area contributed by atoms with Crippen molar-refractivity contribution in [2.45, 2.75) is 17.6 Å². The molecule has 0 saturated carbocycles. The van der Waals surface area contributed by atoms with Crippen molar-refractivity contribution in [3.8, 4) is 11.4 Å². The lowest BCUT2D eigenvalue weighted by Gasteiger charge is -2.23. The van der Waals surface area contributed by atoms with Crippen LogP contribution in [-0.2, 0) is 14.6 Å². The van der Waals surface area contributed by atoms with Crippen LogP contribution in [0.4, 0.5) is 0 Å². The Morgan fingerprint density at radius 1 is 1.38 bits per heavy atom. The standard InChI is InChI=1S/C15H19N5O4S2/c1-19(12-7-8-26(22,23)10-12)14(21)9-25-15-16-17-18-20(15)11-3-5-13(24-2)6-4-11/h3-6,12H,7-10H2,1-2H3/t12-/m1/s1. The molecule has 1 aromatic carbocycles. The first-order chi connectivity index (χ1) is 12.4. The predicted octanol–water partition coefficient (Wildman–Crippen LogP) is 0.409. The average molecular weight is 397 g/mol. The molecule has 3 rings (SSSR count). The fourth-order valence-electron chi connectivity index (χ4n) is 2.67. The van der Waals surface area contributed by atoms with Gasteiger partial charge in [0, 0.05) is 13.1 Å². The Kier molecular flexibility index (Phi) is 5.47. The largest absolute Gasteiger partial charge is 0.497 e. The number of methoxy groups -OCH3 is 1. The van der Waals surface area contributed by atoms with E-state index in [0.29, 0.717) is 11.6 Å². The number of nitrogens with zero attached hydrogens (tertiary/aromatic N) is 5. The number of ether oxygens (including phenoxy) is 1. The van der Waals surface area contributed by atoms with E-state index in [0.717, 1.165) is 11.4 Å². The minimum atomic E-state index is -3.03. The third-order valence-electron chi connectivity index (χ3n) is 4.23. The van der Waals surface area contributed by atoms with Crippen LogP contribution in [0, 0.1) is 0 Å². The van der Waals surface area contributed by atoms with Gasteiger partial charge in [0.1, 0.15) is 5.75 Å². The van der Waals surface area contributed by atoms with Crippen LogP contribution in [0.5, 0.6) is 5.75 Å². The molecule has 1 fully saturated rings. The molecule has 0 radical (unpaired) electrons. The number of carbonyl (C=O) groups is 1. The monoisotopic (exact) mass is 397 g/mol. The molecule has 140 valence electrons. The lowest BCUT2D eigenvalue weighted by atomic mass is 10.2. The predicted molar refractivity (Wildman–Crippen MR) is 96.3 cm³/mol. The van der Waals surface area contributed by atoms with Crippen molar-refractivity contribution in [2.24, 2.45) is 0 Å². The summed E-state index contributed by atoms with van der Waals surface area (Å²) < 4.78 is 29.8. The zero-order valence-electron chi connectivity index (χ0n) is 14.4. The molecule has 1 saturated heterocycles. The first kappa shape index (κ1) is 18.6. The Hall–Kier alpha value is -2.14. The number of amides is 1. The highest BCUT2D eigenvalue weighted by molar-refractivity contribution is 7.99. The van der Waals surface area contributed by atoms with Gasteiger partial charge in [0.25, 0.3) is 0 Å². The second kappa shape index (κ2) is 7.62. The smallest absolute Gasteiger partial charge is 0.233 e. The topological polar surface area (TPSA) is 107 Å². The van der Waals surface area contributed by atoms with E-state index in [1.807, 2.05) is 12.1 Å². The van der Waals surface area contributed by atoms with Gasteiger partial charge in [-0.3, -0.25) is 4.79 Å². The summed E-state index contributed by atoms with van der Waals surface area (Å²) in [4.78, 5) is 13.9. The molecular weight excluding hydrogens is 378 g/mol. The molecule has 0 unspecified atom stereocenters. The summed E-state index contributed by atoms with van der Waals surface area (Å²) in [6.45, 7) is 0. The van der Waals surface area contributed by atoms with Gasteiger partial charge in [-0.05, 0) is 41.1 Å².